The van der Waals surface area contributed by atoms with Crippen molar-refractivity contribution in [3.8, 4) is 0 Å². The van der Waals surface area contributed by atoms with Crippen LogP contribution < -0.4 is 16.0 Å². The number of rotatable bonds is 5. The highest BCUT2D eigenvalue weighted by atomic mass is 16.5. The summed E-state index contributed by atoms with van der Waals surface area (Å²) in [7, 11) is 1.55. The molecule has 0 spiro atoms. The van der Waals surface area contributed by atoms with Gasteiger partial charge in [-0.3, -0.25) is 15.0 Å². The minimum atomic E-state index is -0.472. The van der Waals surface area contributed by atoms with Crippen LogP contribution in [0.1, 0.15) is 6.92 Å². The number of nitrogens with one attached hydrogen (secondary N) is 3. The summed E-state index contributed by atoms with van der Waals surface area (Å²) in [4.78, 5) is 25.0. The molecule has 0 unspecified atom stereocenters. The maximum absolute atomic E-state index is 11.6. The Morgan fingerprint density at radius 2 is 2.28 bits per heavy atom. The molecule has 1 aliphatic heterocycles. The lowest BCUT2D eigenvalue weighted by molar-refractivity contribution is -0.121. The smallest absolute Gasteiger partial charge is 0.321 e. The Labute approximate surface area is 107 Å². The molecule has 1 aliphatic rings. The van der Waals surface area contributed by atoms with Gasteiger partial charge >= 0.3 is 6.03 Å². The van der Waals surface area contributed by atoms with Crippen LogP contribution in [0, 0.1) is 0 Å². The number of hydrogen-bond acceptors (Lipinski definition) is 5. The molecule has 1 atom stereocenters. The number of hydrogen-bond donors (Lipinski definition) is 3. The Balaban J connectivity index is 2.21. The molecule has 0 aromatic carbocycles. The van der Waals surface area contributed by atoms with Crippen LogP contribution in [-0.4, -0.2) is 69.3 Å². The van der Waals surface area contributed by atoms with Crippen LogP contribution in [0.3, 0.4) is 0 Å². The van der Waals surface area contributed by atoms with E-state index in [0.29, 0.717) is 19.2 Å². The number of carbonyl (C=O) groups excluding carboxylic acids is 2. The molecule has 18 heavy (non-hydrogen) atoms. The van der Waals surface area contributed by atoms with E-state index in [9.17, 15) is 9.59 Å². The van der Waals surface area contributed by atoms with Gasteiger partial charge in [0, 0.05) is 39.3 Å². The first kappa shape index (κ1) is 14.9. The zero-order valence-corrected chi connectivity index (χ0v) is 11.0. The number of methoxy groups -OCH3 is 1. The molecule has 7 nitrogen and oxygen atoms in total. The van der Waals surface area contributed by atoms with Crippen LogP contribution in [0.25, 0.3) is 0 Å². The number of piperazine rings is 1. The lowest BCUT2D eigenvalue weighted by Crippen LogP contribution is -2.54. The minimum absolute atomic E-state index is 0.251. The van der Waals surface area contributed by atoms with Gasteiger partial charge in [0.2, 0.25) is 5.91 Å². The van der Waals surface area contributed by atoms with Gasteiger partial charge in [-0.2, -0.15) is 0 Å². The van der Waals surface area contributed by atoms with Crippen molar-refractivity contribution in [3.63, 3.8) is 0 Å². The molecule has 0 radical (unpaired) electrons. The topological polar surface area (TPSA) is 82.7 Å². The number of nitrogens with zero attached hydrogens (tertiary/aromatic N) is 1. The molecule has 3 N–H and O–H groups in total. The summed E-state index contributed by atoms with van der Waals surface area (Å²) in [5.41, 5.74) is 0. The van der Waals surface area contributed by atoms with Crippen LogP contribution in [0.4, 0.5) is 4.79 Å². The fraction of sp³-hybridized carbons (Fsp3) is 0.818. The Morgan fingerprint density at radius 1 is 1.50 bits per heavy atom. The van der Waals surface area contributed by atoms with Gasteiger partial charge in [0.05, 0.1) is 13.2 Å². The summed E-state index contributed by atoms with van der Waals surface area (Å²) < 4.78 is 4.79. The van der Waals surface area contributed by atoms with Gasteiger partial charge < -0.3 is 15.4 Å². The van der Waals surface area contributed by atoms with Crippen molar-refractivity contribution in [2.75, 3.05) is 46.4 Å². The molecule has 1 heterocycles. The lowest BCUT2D eigenvalue weighted by Gasteiger charge is -2.33. The highest BCUT2D eigenvalue weighted by Crippen LogP contribution is 2.00. The summed E-state index contributed by atoms with van der Waals surface area (Å²) in [6.07, 6.45) is 0. The highest BCUT2D eigenvalue weighted by Gasteiger charge is 2.20. The number of imide groups is 1. The van der Waals surface area contributed by atoms with E-state index in [1.807, 2.05) is 4.90 Å². The maximum Gasteiger partial charge on any atom is 0.321 e. The average Bonchev–Trinajstić information content (AvgIpc) is 2.32. The molecule has 7 heteroatoms. The van der Waals surface area contributed by atoms with E-state index in [0.717, 1.165) is 19.6 Å². The molecule has 104 valence electrons. The first-order valence-electron chi connectivity index (χ1n) is 6.15. The Bertz CT molecular complexity index is 285. The number of ether oxygens (including phenoxy) is 1. The molecular formula is C11H22N4O3. The van der Waals surface area contributed by atoms with Gasteiger partial charge in [-0.15, -0.1) is 0 Å². The van der Waals surface area contributed by atoms with E-state index < -0.39 is 6.03 Å². The summed E-state index contributed by atoms with van der Waals surface area (Å²) in [6.45, 7) is 5.68. The van der Waals surface area contributed by atoms with E-state index in [-0.39, 0.29) is 12.5 Å². The first-order valence-corrected chi connectivity index (χ1v) is 6.15. The van der Waals surface area contributed by atoms with Crippen molar-refractivity contribution >= 4 is 11.9 Å². The van der Waals surface area contributed by atoms with Crippen LogP contribution >= 0.6 is 0 Å². The summed E-state index contributed by atoms with van der Waals surface area (Å²) in [5, 5.41) is 8.08. The fourth-order valence-electron chi connectivity index (χ4n) is 1.78. The first-order chi connectivity index (χ1) is 8.63. The Kier molecular flexibility index (Phi) is 6.63. The Hall–Kier alpha value is -1.18. The zero-order valence-electron chi connectivity index (χ0n) is 11.0. The third-order valence-corrected chi connectivity index (χ3v) is 2.83. The van der Waals surface area contributed by atoms with Gasteiger partial charge in [0.15, 0.2) is 0 Å². The van der Waals surface area contributed by atoms with Crippen LogP contribution in [0.5, 0.6) is 0 Å². The van der Waals surface area contributed by atoms with Crippen LogP contribution in [-0.2, 0) is 9.53 Å². The molecule has 0 saturated carbocycles. The second kappa shape index (κ2) is 8.02. The molecule has 0 aromatic rings. The molecule has 1 saturated heterocycles. The molecule has 1 fully saturated rings. The van der Waals surface area contributed by atoms with E-state index in [2.05, 4.69) is 22.9 Å². The predicted octanol–water partition coefficient (Wildman–Crippen LogP) is -1.25. The SMILES string of the molecule is COCCNC(=O)NC(=O)CN1CCNC[C@H]1C. The summed E-state index contributed by atoms with van der Waals surface area (Å²) in [5.74, 6) is -0.279. The van der Waals surface area contributed by atoms with Crippen molar-refractivity contribution in [1.82, 2.24) is 20.9 Å². The molecule has 1 rings (SSSR count). The fourth-order valence-corrected chi connectivity index (χ4v) is 1.78. The zero-order chi connectivity index (χ0) is 13.4. The minimum Gasteiger partial charge on any atom is -0.383 e. The number of carbonyl (C=O) groups is 2. The normalized spacial score (nSPS) is 20.4. The second-order valence-corrected chi connectivity index (χ2v) is 4.32. The predicted molar refractivity (Wildman–Crippen MR) is 67.3 cm³/mol. The van der Waals surface area contributed by atoms with Crippen molar-refractivity contribution in [3.05, 3.63) is 0 Å². The van der Waals surface area contributed by atoms with Gasteiger partial charge in [-0.1, -0.05) is 0 Å². The average molecular weight is 258 g/mol. The van der Waals surface area contributed by atoms with Crippen molar-refractivity contribution in [2.45, 2.75) is 13.0 Å². The number of amides is 3. The Morgan fingerprint density at radius 3 is 2.94 bits per heavy atom. The number of urea groups is 1. The largest absolute Gasteiger partial charge is 0.383 e. The van der Waals surface area contributed by atoms with Gasteiger partial charge in [-0.25, -0.2) is 4.79 Å². The molecule has 0 aliphatic carbocycles. The quantitative estimate of drug-likeness (QED) is 0.537. The third kappa shape index (κ3) is 5.44. The van der Waals surface area contributed by atoms with Gasteiger partial charge in [0.1, 0.15) is 0 Å². The van der Waals surface area contributed by atoms with Crippen LogP contribution in [0.2, 0.25) is 0 Å². The molecular weight excluding hydrogens is 236 g/mol. The van der Waals surface area contributed by atoms with E-state index in [1.165, 1.54) is 0 Å². The van der Waals surface area contributed by atoms with E-state index >= 15 is 0 Å². The second-order valence-electron chi connectivity index (χ2n) is 4.32. The van der Waals surface area contributed by atoms with E-state index in [4.69, 9.17) is 4.74 Å². The lowest BCUT2D eigenvalue weighted by atomic mass is 10.2. The molecule has 0 bridgehead atoms. The van der Waals surface area contributed by atoms with Crippen LogP contribution in [0.15, 0.2) is 0 Å². The van der Waals surface area contributed by atoms with Crippen molar-refractivity contribution < 1.29 is 14.3 Å². The monoisotopic (exact) mass is 258 g/mol. The van der Waals surface area contributed by atoms with Crippen molar-refractivity contribution in [2.24, 2.45) is 0 Å². The van der Waals surface area contributed by atoms with Crippen molar-refractivity contribution in [1.29, 1.82) is 0 Å². The van der Waals surface area contributed by atoms with Gasteiger partial charge in [0.25, 0.3) is 0 Å². The van der Waals surface area contributed by atoms with E-state index in [1.54, 1.807) is 7.11 Å². The third-order valence-electron chi connectivity index (χ3n) is 2.83. The standard InChI is InChI=1S/C11H22N4O3/c1-9-7-12-3-5-15(9)8-10(16)14-11(17)13-4-6-18-2/h9,12H,3-8H2,1-2H3,(H2,13,14,16,17)/t9-/m1/s1. The summed E-state index contributed by atoms with van der Waals surface area (Å²) >= 11 is 0. The molecule has 0 aromatic heterocycles. The van der Waals surface area contributed by atoms with Gasteiger partial charge in [-0.05, 0) is 6.92 Å². The highest BCUT2D eigenvalue weighted by molar-refractivity contribution is 5.95. The molecule has 3 amide bonds. The summed E-state index contributed by atoms with van der Waals surface area (Å²) in [6, 6.07) is -0.166. The maximum atomic E-state index is 11.6.